The molecule has 25 heavy (non-hydrogen) atoms. The fourth-order valence-electron chi connectivity index (χ4n) is 5.75. The molecule has 0 unspecified atom stereocenters. The Bertz CT molecular complexity index is 784. The van der Waals surface area contributed by atoms with E-state index < -0.39 is 0 Å². The number of rotatable bonds is 2. The lowest BCUT2D eigenvalue weighted by molar-refractivity contribution is 0.0796. The van der Waals surface area contributed by atoms with Gasteiger partial charge in [-0.1, -0.05) is 31.0 Å². The zero-order valence-electron chi connectivity index (χ0n) is 14.6. The summed E-state index contributed by atoms with van der Waals surface area (Å²) >= 11 is 0. The van der Waals surface area contributed by atoms with Gasteiger partial charge in [0.05, 0.1) is 5.69 Å². The van der Waals surface area contributed by atoms with Gasteiger partial charge >= 0.3 is 0 Å². The van der Waals surface area contributed by atoms with Gasteiger partial charge in [0.25, 0.3) is 0 Å². The number of phenolic OH excluding ortho intramolecular Hbond substituents is 1. The summed E-state index contributed by atoms with van der Waals surface area (Å²) in [5, 5.41) is 17.9. The van der Waals surface area contributed by atoms with Crippen LogP contribution in [0.2, 0.25) is 0 Å². The summed E-state index contributed by atoms with van der Waals surface area (Å²) in [6.45, 7) is 1.12. The fourth-order valence-corrected chi connectivity index (χ4v) is 5.75. The average molecular weight is 334 g/mol. The molecule has 0 spiro atoms. The highest BCUT2D eigenvalue weighted by Gasteiger charge is 2.51. The average Bonchev–Trinajstić information content (AvgIpc) is 2.64. The second-order valence-corrected chi connectivity index (χ2v) is 8.04. The zero-order valence-corrected chi connectivity index (χ0v) is 14.6. The molecule has 3 nitrogen and oxygen atoms in total. The van der Waals surface area contributed by atoms with Crippen molar-refractivity contribution in [1.82, 2.24) is 5.32 Å². The van der Waals surface area contributed by atoms with Gasteiger partial charge in [0.1, 0.15) is 5.75 Å². The fraction of sp³-hybridized carbons (Fsp3) is 0.455. The molecule has 5 rings (SSSR count). The van der Waals surface area contributed by atoms with Crippen molar-refractivity contribution in [3.05, 3.63) is 53.6 Å². The standard InChI is InChI=1S/C22H26N2O/c25-21-14-18-15(13-20(21)24-16-6-2-1-3-7-16)12-19-17-8-4-5-9-22(17,18)10-11-23-19/h1-3,6-7,13-14,17,19,23-25H,4-5,8-12H2/t17-,19+,22+/m0/s1. The van der Waals surface area contributed by atoms with Crippen LogP contribution in [0, 0.1) is 5.92 Å². The quantitative estimate of drug-likeness (QED) is 0.710. The van der Waals surface area contributed by atoms with Crippen molar-refractivity contribution < 1.29 is 5.11 Å². The van der Waals surface area contributed by atoms with Crippen LogP contribution >= 0.6 is 0 Å². The monoisotopic (exact) mass is 334 g/mol. The van der Waals surface area contributed by atoms with Crippen molar-refractivity contribution in [2.45, 2.75) is 50.0 Å². The summed E-state index contributed by atoms with van der Waals surface area (Å²) in [6.07, 6.45) is 7.61. The molecule has 1 saturated heterocycles. The molecule has 3 atom stereocenters. The maximum absolute atomic E-state index is 10.7. The number of anilines is 2. The van der Waals surface area contributed by atoms with Gasteiger partial charge in [-0.2, -0.15) is 0 Å². The predicted octanol–water partition coefficient (Wildman–Crippen LogP) is 4.48. The second-order valence-electron chi connectivity index (χ2n) is 8.04. The third-order valence-corrected chi connectivity index (χ3v) is 6.81. The molecule has 1 heterocycles. The SMILES string of the molecule is Oc1cc2c(cc1Nc1ccccc1)C[C@H]1NCC[C@@]23CCCC[C@@H]13. The molecule has 0 radical (unpaired) electrons. The number of fused-ring (bicyclic) bond motifs is 1. The molecule has 130 valence electrons. The Labute approximate surface area is 149 Å². The van der Waals surface area contributed by atoms with Crippen LogP contribution in [0.4, 0.5) is 11.4 Å². The van der Waals surface area contributed by atoms with E-state index in [1.807, 2.05) is 30.3 Å². The van der Waals surface area contributed by atoms with E-state index in [2.05, 4.69) is 22.8 Å². The first-order chi connectivity index (χ1) is 12.3. The van der Waals surface area contributed by atoms with E-state index in [4.69, 9.17) is 0 Å². The van der Waals surface area contributed by atoms with Crippen molar-refractivity contribution >= 4 is 11.4 Å². The Morgan fingerprint density at radius 2 is 1.96 bits per heavy atom. The van der Waals surface area contributed by atoms with Crippen LogP contribution in [-0.2, 0) is 11.8 Å². The van der Waals surface area contributed by atoms with Crippen molar-refractivity contribution in [3.63, 3.8) is 0 Å². The number of hydrogen-bond donors (Lipinski definition) is 3. The topological polar surface area (TPSA) is 44.3 Å². The van der Waals surface area contributed by atoms with Crippen molar-refractivity contribution in [3.8, 4) is 5.75 Å². The molecule has 2 aromatic rings. The highest BCUT2D eigenvalue weighted by atomic mass is 16.3. The Hall–Kier alpha value is -2.00. The summed E-state index contributed by atoms with van der Waals surface area (Å²) in [5.41, 5.74) is 5.00. The molecule has 0 aromatic heterocycles. The highest BCUT2D eigenvalue weighted by Crippen LogP contribution is 2.55. The Kier molecular flexibility index (Phi) is 3.53. The Balaban J connectivity index is 1.57. The first-order valence-electron chi connectivity index (χ1n) is 9.68. The minimum Gasteiger partial charge on any atom is -0.506 e. The number of aromatic hydroxyl groups is 1. The molecule has 1 saturated carbocycles. The zero-order chi connectivity index (χ0) is 16.9. The van der Waals surface area contributed by atoms with Gasteiger partial charge in [0, 0.05) is 17.1 Å². The lowest BCUT2D eigenvalue weighted by atomic mass is 9.53. The predicted molar refractivity (Wildman–Crippen MR) is 102 cm³/mol. The van der Waals surface area contributed by atoms with Crippen LogP contribution < -0.4 is 10.6 Å². The van der Waals surface area contributed by atoms with Crippen LogP contribution in [0.15, 0.2) is 42.5 Å². The molecule has 2 bridgehead atoms. The highest BCUT2D eigenvalue weighted by molar-refractivity contribution is 5.69. The molecule has 1 aliphatic heterocycles. The maximum Gasteiger partial charge on any atom is 0.139 e. The number of benzene rings is 2. The smallest absolute Gasteiger partial charge is 0.139 e. The molecule has 2 aromatic carbocycles. The number of nitrogens with one attached hydrogen (secondary N) is 2. The minimum absolute atomic E-state index is 0.296. The molecule has 2 aliphatic carbocycles. The van der Waals surface area contributed by atoms with E-state index in [0.717, 1.165) is 30.3 Å². The Morgan fingerprint density at radius 1 is 1.08 bits per heavy atom. The molecule has 3 N–H and O–H groups in total. The van der Waals surface area contributed by atoms with E-state index in [-0.39, 0.29) is 0 Å². The van der Waals surface area contributed by atoms with E-state index in [1.165, 1.54) is 43.2 Å². The third-order valence-electron chi connectivity index (χ3n) is 6.81. The second kappa shape index (κ2) is 5.77. The van der Waals surface area contributed by atoms with Crippen molar-refractivity contribution in [1.29, 1.82) is 0 Å². The lowest BCUT2D eigenvalue weighted by Gasteiger charge is -2.56. The normalized spacial score (nSPS) is 30.2. The summed E-state index contributed by atoms with van der Waals surface area (Å²) in [6, 6.07) is 15.0. The van der Waals surface area contributed by atoms with Gasteiger partial charge in [-0.15, -0.1) is 0 Å². The van der Waals surface area contributed by atoms with E-state index in [0.29, 0.717) is 17.2 Å². The molecule has 2 fully saturated rings. The number of para-hydroxylation sites is 1. The molecule has 0 amide bonds. The van der Waals surface area contributed by atoms with Crippen molar-refractivity contribution in [2.75, 3.05) is 11.9 Å². The van der Waals surface area contributed by atoms with E-state index in [9.17, 15) is 5.11 Å². The summed E-state index contributed by atoms with van der Waals surface area (Å²) < 4.78 is 0. The van der Waals surface area contributed by atoms with Gasteiger partial charge in [-0.3, -0.25) is 0 Å². The molecular weight excluding hydrogens is 308 g/mol. The van der Waals surface area contributed by atoms with Crippen molar-refractivity contribution in [2.24, 2.45) is 5.92 Å². The van der Waals surface area contributed by atoms with Gasteiger partial charge in [-0.25, -0.2) is 0 Å². The molecular formula is C22H26N2O. The first kappa shape index (κ1) is 15.3. The molecule has 3 heteroatoms. The number of hydrogen-bond acceptors (Lipinski definition) is 3. The van der Waals surface area contributed by atoms with Crippen LogP contribution in [0.1, 0.15) is 43.2 Å². The summed E-state index contributed by atoms with van der Waals surface area (Å²) in [5.74, 6) is 1.13. The van der Waals surface area contributed by atoms with Crippen LogP contribution in [0.3, 0.4) is 0 Å². The van der Waals surface area contributed by atoms with Gasteiger partial charge in [0.2, 0.25) is 0 Å². The van der Waals surface area contributed by atoms with Crippen LogP contribution in [-0.4, -0.2) is 17.7 Å². The minimum atomic E-state index is 0.296. The van der Waals surface area contributed by atoms with Crippen LogP contribution in [0.5, 0.6) is 5.75 Å². The number of piperidine rings is 1. The van der Waals surface area contributed by atoms with E-state index in [1.54, 1.807) is 0 Å². The first-order valence-corrected chi connectivity index (χ1v) is 9.68. The summed E-state index contributed by atoms with van der Waals surface area (Å²) in [4.78, 5) is 0. The van der Waals surface area contributed by atoms with Gasteiger partial charge in [0.15, 0.2) is 0 Å². The van der Waals surface area contributed by atoms with E-state index >= 15 is 0 Å². The maximum atomic E-state index is 10.7. The summed E-state index contributed by atoms with van der Waals surface area (Å²) in [7, 11) is 0. The van der Waals surface area contributed by atoms with Crippen LogP contribution in [0.25, 0.3) is 0 Å². The third kappa shape index (κ3) is 2.36. The lowest BCUT2D eigenvalue weighted by Crippen LogP contribution is -2.59. The molecule has 3 aliphatic rings. The van der Waals surface area contributed by atoms with Gasteiger partial charge < -0.3 is 15.7 Å². The van der Waals surface area contributed by atoms with Gasteiger partial charge in [-0.05, 0) is 73.5 Å². The Morgan fingerprint density at radius 3 is 2.84 bits per heavy atom. The number of phenols is 1. The largest absolute Gasteiger partial charge is 0.506 e.